The average molecular weight is 349 g/mol. The summed E-state index contributed by atoms with van der Waals surface area (Å²) in [6, 6.07) is 17.0. The number of aliphatic hydroxyl groups is 1. The van der Waals surface area contributed by atoms with Crippen molar-refractivity contribution >= 4 is 23.9 Å². The molecule has 130 valence electrons. The molecule has 0 saturated carbocycles. The monoisotopic (exact) mass is 349 g/mol. The van der Waals surface area contributed by atoms with Gasteiger partial charge >= 0.3 is 5.97 Å². The summed E-state index contributed by atoms with van der Waals surface area (Å²) in [6.07, 6.45) is 1.46. The number of carbonyl (C=O) groups excluding carboxylic acids is 3. The van der Waals surface area contributed by atoms with Gasteiger partial charge in [-0.05, 0) is 23.8 Å². The first-order valence-corrected chi connectivity index (χ1v) is 7.77. The van der Waals surface area contributed by atoms with E-state index in [1.165, 1.54) is 6.08 Å². The van der Waals surface area contributed by atoms with Gasteiger partial charge in [-0.3, -0.25) is 9.59 Å². The third-order valence-electron chi connectivity index (χ3n) is 3.85. The van der Waals surface area contributed by atoms with Gasteiger partial charge in [0.15, 0.2) is 11.3 Å². The van der Waals surface area contributed by atoms with E-state index >= 15 is 0 Å². The maximum Gasteiger partial charge on any atom is 0.347 e. The number of amides is 2. The summed E-state index contributed by atoms with van der Waals surface area (Å²) in [5.41, 5.74) is 0.256. The van der Waals surface area contributed by atoms with Gasteiger partial charge in [0.25, 0.3) is 11.8 Å². The number of hydrogen-bond acceptors (Lipinski definition) is 5. The molecule has 1 heterocycles. The van der Waals surface area contributed by atoms with E-state index in [9.17, 15) is 19.5 Å². The summed E-state index contributed by atoms with van der Waals surface area (Å²) in [6.45, 7) is 0. The molecule has 0 radical (unpaired) electrons. The number of benzene rings is 2. The Balaban J connectivity index is 2.13. The molecule has 6 nitrogen and oxygen atoms in total. The Morgan fingerprint density at radius 2 is 1.58 bits per heavy atom. The summed E-state index contributed by atoms with van der Waals surface area (Å²) in [4.78, 5) is 38.2. The van der Waals surface area contributed by atoms with E-state index in [0.717, 1.165) is 12.0 Å². The number of imide groups is 1. The molecule has 0 spiro atoms. The van der Waals surface area contributed by atoms with Crippen LogP contribution >= 0.6 is 0 Å². The Labute approximate surface area is 149 Å². The first kappa shape index (κ1) is 17.2. The Bertz CT molecular complexity index is 929. The van der Waals surface area contributed by atoms with E-state index in [-0.39, 0.29) is 11.3 Å². The molecule has 6 heteroatoms. The molecular formula is C20H15NO5. The fraction of sp³-hybridized carbons (Fsp3) is 0.0500. The maximum absolute atomic E-state index is 12.8. The Morgan fingerprint density at radius 1 is 1.00 bits per heavy atom. The van der Waals surface area contributed by atoms with Gasteiger partial charge in [0.1, 0.15) is 0 Å². The minimum absolute atomic E-state index is 0.0737. The molecule has 1 aliphatic heterocycles. The van der Waals surface area contributed by atoms with Crippen LogP contribution in [-0.4, -0.2) is 34.9 Å². The fourth-order valence-corrected chi connectivity index (χ4v) is 2.59. The lowest BCUT2D eigenvalue weighted by Gasteiger charge is -2.17. The van der Waals surface area contributed by atoms with Crippen molar-refractivity contribution in [3.8, 4) is 0 Å². The van der Waals surface area contributed by atoms with Crippen molar-refractivity contribution in [2.45, 2.75) is 0 Å². The summed E-state index contributed by atoms with van der Waals surface area (Å²) in [5.74, 6) is -3.17. The Morgan fingerprint density at radius 3 is 2.15 bits per heavy atom. The van der Waals surface area contributed by atoms with E-state index in [4.69, 9.17) is 0 Å². The van der Waals surface area contributed by atoms with E-state index in [1.807, 2.05) is 6.07 Å². The summed E-state index contributed by atoms with van der Waals surface area (Å²) in [5, 5.41) is 10.4. The molecule has 26 heavy (non-hydrogen) atoms. The van der Waals surface area contributed by atoms with Crippen LogP contribution in [0.4, 0.5) is 0 Å². The molecule has 3 rings (SSSR count). The molecule has 0 bridgehead atoms. The van der Waals surface area contributed by atoms with E-state index in [1.54, 1.807) is 54.6 Å². The second-order valence-corrected chi connectivity index (χ2v) is 5.47. The van der Waals surface area contributed by atoms with Crippen molar-refractivity contribution in [1.29, 1.82) is 0 Å². The second kappa shape index (κ2) is 7.06. The maximum atomic E-state index is 12.8. The van der Waals surface area contributed by atoms with Crippen molar-refractivity contribution < 1.29 is 24.2 Å². The zero-order chi connectivity index (χ0) is 18.7. The molecule has 0 saturated heterocycles. The highest BCUT2D eigenvalue weighted by Gasteiger charge is 2.43. The zero-order valence-corrected chi connectivity index (χ0v) is 13.9. The smallest absolute Gasteiger partial charge is 0.347 e. The van der Waals surface area contributed by atoms with Crippen LogP contribution in [0.15, 0.2) is 77.7 Å². The van der Waals surface area contributed by atoms with Crippen molar-refractivity contribution in [3.05, 3.63) is 88.8 Å². The molecule has 1 N–H and O–H groups in total. The second-order valence-electron chi connectivity index (χ2n) is 5.47. The van der Waals surface area contributed by atoms with Crippen LogP contribution in [0.5, 0.6) is 0 Å². The molecule has 0 aliphatic carbocycles. The highest BCUT2D eigenvalue weighted by molar-refractivity contribution is 6.26. The molecule has 2 aromatic rings. The highest BCUT2D eigenvalue weighted by Crippen LogP contribution is 2.31. The van der Waals surface area contributed by atoms with Gasteiger partial charge in [0.2, 0.25) is 0 Å². The number of carbonyl (C=O) groups is 3. The minimum atomic E-state index is -1.00. The number of ether oxygens (including phenoxy) is 1. The number of methoxy groups -OCH3 is 1. The highest BCUT2D eigenvalue weighted by atomic mass is 16.5. The van der Waals surface area contributed by atoms with Crippen molar-refractivity contribution in [2.75, 3.05) is 7.11 Å². The molecule has 2 amide bonds. The predicted octanol–water partition coefficient (Wildman–Crippen LogP) is 2.70. The first-order valence-electron chi connectivity index (χ1n) is 7.77. The molecule has 1 aliphatic rings. The van der Waals surface area contributed by atoms with Gasteiger partial charge in [0, 0.05) is 5.56 Å². The van der Waals surface area contributed by atoms with Crippen molar-refractivity contribution in [2.24, 2.45) is 0 Å². The predicted molar refractivity (Wildman–Crippen MR) is 93.7 cm³/mol. The minimum Gasteiger partial charge on any atom is -0.505 e. The molecule has 0 aromatic heterocycles. The van der Waals surface area contributed by atoms with Gasteiger partial charge in [0.05, 0.1) is 12.8 Å². The number of esters is 1. The zero-order valence-electron chi connectivity index (χ0n) is 13.9. The van der Waals surface area contributed by atoms with E-state index in [0.29, 0.717) is 5.56 Å². The quantitative estimate of drug-likeness (QED) is 0.523. The fourth-order valence-electron chi connectivity index (χ4n) is 2.59. The first-order chi connectivity index (χ1) is 12.5. The van der Waals surface area contributed by atoms with Crippen molar-refractivity contribution in [1.82, 2.24) is 4.90 Å². The number of rotatable bonds is 3. The average Bonchev–Trinajstić information content (AvgIpc) is 2.92. The molecule has 2 aromatic carbocycles. The third-order valence-corrected chi connectivity index (χ3v) is 3.85. The van der Waals surface area contributed by atoms with E-state index < -0.39 is 29.1 Å². The normalized spacial score (nSPS) is 15.5. The standard InChI is InChI=1S/C20H15NO5/c1-26-20(25)16-17(22)15(12-13-8-4-2-5-9-13)21(19(16)24)18(23)14-10-6-3-7-11-14/h2-12,22H,1H3/b15-12+. The number of nitrogens with zero attached hydrogens (tertiary/aromatic N) is 1. The topological polar surface area (TPSA) is 83.9 Å². The van der Waals surface area contributed by atoms with Crippen LogP contribution in [0.3, 0.4) is 0 Å². The molecular weight excluding hydrogens is 334 g/mol. The molecule has 0 fully saturated rings. The summed E-state index contributed by atoms with van der Waals surface area (Å²) in [7, 11) is 1.10. The Kier molecular flexibility index (Phi) is 4.66. The van der Waals surface area contributed by atoms with Crippen LogP contribution in [-0.2, 0) is 14.3 Å². The van der Waals surface area contributed by atoms with Gasteiger partial charge in [-0.25, -0.2) is 9.69 Å². The number of hydrogen-bond donors (Lipinski definition) is 1. The van der Waals surface area contributed by atoms with Crippen LogP contribution in [0.25, 0.3) is 6.08 Å². The SMILES string of the molecule is COC(=O)C1=C(O)/C(=C\c2ccccc2)N(C(=O)c2ccccc2)C1=O. The van der Waals surface area contributed by atoms with Crippen molar-refractivity contribution in [3.63, 3.8) is 0 Å². The van der Waals surface area contributed by atoms with Crippen LogP contribution in [0.1, 0.15) is 15.9 Å². The largest absolute Gasteiger partial charge is 0.505 e. The lowest BCUT2D eigenvalue weighted by Crippen LogP contribution is -2.34. The van der Waals surface area contributed by atoms with Gasteiger partial charge in [-0.2, -0.15) is 0 Å². The van der Waals surface area contributed by atoms with Crippen LogP contribution in [0.2, 0.25) is 0 Å². The molecule has 0 unspecified atom stereocenters. The number of aliphatic hydroxyl groups excluding tert-OH is 1. The lowest BCUT2D eigenvalue weighted by molar-refractivity contribution is -0.138. The molecule has 0 atom stereocenters. The Hall–Kier alpha value is -3.67. The van der Waals surface area contributed by atoms with E-state index in [2.05, 4.69) is 4.74 Å². The summed E-state index contributed by atoms with van der Waals surface area (Å²) >= 11 is 0. The van der Waals surface area contributed by atoms with Gasteiger partial charge < -0.3 is 9.84 Å². The summed E-state index contributed by atoms with van der Waals surface area (Å²) < 4.78 is 4.56. The lowest BCUT2D eigenvalue weighted by atomic mass is 10.1. The van der Waals surface area contributed by atoms with Gasteiger partial charge in [-0.1, -0.05) is 48.5 Å². The third kappa shape index (κ3) is 3.00. The van der Waals surface area contributed by atoms with Crippen LogP contribution in [0, 0.1) is 0 Å². The van der Waals surface area contributed by atoms with Crippen LogP contribution < -0.4 is 0 Å². The van der Waals surface area contributed by atoms with Gasteiger partial charge in [-0.15, -0.1) is 0 Å².